The van der Waals surface area contributed by atoms with E-state index >= 15 is 0 Å². The number of hydrogen-bond acceptors (Lipinski definition) is 5. The number of amides is 3. The molecule has 0 bridgehead atoms. The number of carbonyl (C=O) groups excluding carboxylic acids is 2. The van der Waals surface area contributed by atoms with E-state index in [-0.39, 0.29) is 6.54 Å². The molecule has 1 N–H and O–H groups in total. The zero-order valence-electron chi connectivity index (χ0n) is 15.7. The molecule has 0 radical (unpaired) electrons. The van der Waals surface area contributed by atoms with Gasteiger partial charge in [-0.3, -0.25) is 9.69 Å². The van der Waals surface area contributed by atoms with Crippen LogP contribution in [0.25, 0.3) is 11.0 Å². The third kappa shape index (κ3) is 3.29. The molecule has 1 unspecified atom stereocenters. The Morgan fingerprint density at radius 2 is 1.93 bits per heavy atom. The van der Waals surface area contributed by atoms with Gasteiger partial charge < -0.3 is 14.5 Å². The number of methoxy groups -OCH3 is 1. The lowest BCUT2D eigenvalue weighted by Crippen LogP contribution is -2.40. The van der Waals surface area contributed by atoms with Gasteiger partial charge in [0.05, 0.1) is 13.7 Å². The molecule has 2 heterocycles. The second-order valence-corrected chi connectivity index (χ2v) is 7.83. The van der Waals surface area contributed by atoms with Gasteiger partial charge in [0.25, 0.3) is 5.91 Å². The maximum atomic E-state index is 13.2. The molecule has 0 aliphatic carbocycles. The van der Waals surface area contributed by atoms with Crippen LogP contribution in [0.3, 0.4) is 0 Å². The number of ether oxygens (including phenoxy) is 1. The number of carbonyl (C=O) groups is 2. The van der Waals surface area contributed by atoms with Crippen LogP contribution in [0, 0.1) is 0 Å². The van der Waals surface area contributed by atoms with E-state index in [1.54, 1.807) is 43.3 Å². The largest absolute Gasteiger partial charge is 0.497 e. The molecule has 0 saturated carbocycles. The van der Waals surface area contributed by atoms with Crippen LogP contribution >= 0.6 is 15.9 Å². The zero-order valence-corrected chi connectivity index (χ0v) is 17.3. The summed E-state index contributed by atoms with van der Waals surface area (Å²) in [6.07, 6.45) is 0. The maximum absolute atomic E-state index is 13.2. The van der Waals surface area contributed by atoms with Crippen molar-refractivity contribution in [3.05, 3.63) is 74.6 Å². The van der Waals surface area contributed by atoms with Gasteiger partial charge in [-0.15, -0.1) is 0 Å². The Morgan fingerprint density at radius 3 is 2.66 bits per heavy atom. The second kappa shape index (κ2) is 7.04. The number of fused-ring (bicyclic) bond motifs is 1. The van der Waals surface area contributed by atoms with E-state index in [4.69, 9.17) is 9.15 Å². The van der Waals surface area contributed by atoms with Crippen LogP contribution < -0.4 is 15.7 Å². The Hall–Kier alpha value is -3.13. The third-order valence-electron chi connectivity index (χ3n) is 5.04. The number of hydrogen-bond donors (Lipinski definition) is 1. The number of benzene rings is 2. The van der Waals surface area contributed by atoms with E-state index in [1.165, 1.54) is 13.2 Å². The minimum atomic E-state index is -1.20. The SMILES string of the molecule is COc1ccc2c(CN3C(=O)NC(C)(c4cccc(Br)c4)C3=O)cc(=O)oc2c1. The van der Waals surface area contributed by atoms with Crippen molar-refractivity contribution in [1.82, 2.24) is 10.2 Å². The number of nitrogens with one attached hydrogen (secondary N) is 1. The number of urea groups is 1. The molecule has 1 aliphatic rings. The molecule has 1 aliphatic heterocycles. The van der Waals surface area contributed by atoms with Crippen molar-refractivity contribution in [2.24, 2.45) is 0 Å². The first-order chi connectivity index (χ1) is 13.8. The van der Waals surface area contributed by atoms with Gasteiger partial charge in [-0.25, -0.2) is 9.59 Å². The molecule has 1 fully saturated rings. The van der Waals surface area contributed by atoms with Crippen molar-refractivity contribution in [2.45, 2.75) is 19.0 Å². The minimum absolute atomic E-state index is 0.0529. The van der Waals surface area contributed by atoms with E-state index in [0.29, 0.717) is 27.8 Å². The number of halogens is 1. The quantitative estimate of drug-likeness (QED) is 0.479. The summed E-state index contributed by atoms with van der Waals surface area (Å²) in [5.41, 5.74) is -0.258. The molecule has 29 heavy (non-hydrogen) atoms. The van der Waals surface area contributed by atoms with Crippen LogP contribution in [0.5, 0.6) is 5.75 Å². The summed E-state index contributed by atoms with van der Waals surface area (Å²) in [6.45, 7) is 1.61. The Balaban J connectivity index is 1.73. The predicted molar refractivity (Wildman–Crippen MR) is 110 cm³/mol. The molecular weight excluding hydrogens is 440 g/mol. The van der Waals surface area contributed by atoms with Gasteiger partial charge in [-0.05, 0) is 42.3 Å². The molecular formula is C21H17BrN2O5. The average Bonchev–Trinajstić information content (AvgIpc) is 2.91. The first-order valence-corrected chi connectivity index (χ1v) is 9.62. The van der Waals surface area contributed by atoms with Crippen LogP contribution in [0.2, 0.25) is 0 Å². The van der Waals surface area contributed by atoms with E-state index in [9.17, 15) is 14.4 Å². The highest BCUT2D eigenvalue weighted by atomic mass is 79.9. The summed E-state index contributed by atoms with van der Waals surface area (Å²) >= 11 is 3.39. The summed E-state index contributed by atoms with van der Waals surface area (Å²) in [5, 5.41) is 3.40. The molecule has 2 aromatic carbocycles. The Labute approximate surface area is 174 Å². The Kier molecular flexibility index (Phi) is 4.66. The highest BCUT2D eigenvalue weighted by Gasteiger charge is 2.49. The number of imide groups is 1. The molecule has 7 nitrogen and oxygen atoms in total. The maximum Gasteiger partial charge on any atom is 0.336 e. The van der Waals surface area contributed by atoms with Crippen LogP contribution in [-0.4, -0.2) is 23.9 Å². The van der Waals surface area contributed by atoms with Gasteiger partial charge in [0.1, 0.15) is 16.9 Å². The predicted octanol–water partition coefficient (Wildman–Crippen LogP) is 3.53. The minimum Gasteiger partial charge on any atom is -0.497 e. The fourth-order valence-electron chi connectivity index (χ4n) is 3.47. The molecule has 3 aromatic rings. The van der Waals surface area contributed by atoms with Crippen molar-refractivity contribution in [3.8, 4) is 5.75 Å². The van der Waals surface area contributed by atoms with Gasteiger partial charge in [0.2, 0.25) is 0 Å². The fraction of sp³-hybridized carbons (Fsp3) is 0.190. The smallest absolute Gasteiger partial charge is 0.336 e. The van der Waals surface area contributed by atoms with E-state index in [1.807, 2.05) is 6.07 Å². The number of rotatable bonds is 4. The van der Waals surface area contributed by atoms with Crippen LogP contribution in [0.4, 0.5) is 4.79 Å². The number of nitrogens with zero attached hydrogens (tertiary/aromatic N) is 1. The fourth-order valence-corrected chi connectivity index (χ4v) is 3.87. The first-order valence-electron chi connectivity index (χ1n) is 8.83. The van der Waals surface area contributed by atoms with Crippen molar-refractivity contribution in [3.63, 3.8) is 0 Å². The van der Waals surface area contributed by atoms with Crippen LogP contribution in [-0.2, 0) is 16.9 Å². The molecule has 4 rings (SSSR count). The average molecular weight is 457 g/mol. The van der Waals surface area contributed by atoms with Crippen molar-refractivity contribution in [1.29, 1.82) is 0 Å². The molecule has 0 spiro atoms. The summed E-state index contributed by atoms with van der Waals surface area (Å²) in [6, 6.07) is 13.0. The summed E-state index contributed by atoms with van der Waals surface area (Å²) < 4.78 is 11.2. The van der Waals surface area contributed by atoms with E-state index in [0.717, 1.165) is 9.37 Å². The Bertz CT molecular complexity index is 1210. The van der Waals surface area contributed by atoms with Crippen molar-refractivity contribution in [2.75, 3.05) is 7.11 Å². The van der Waals surface area contributed by atoms with E-state index < -0.39 is 23.1 Å². The standard InChI is InChI=1S/C21H17BrN2O5/c1-21(13-4-3-5-14(22)9-13)19(26)24(20(27)23-21)11-12-8-18(25)29-17-10-15(28-2)6-7-16(12)17/h3-10H,11H2,1-2H3,(H,23,27). The highest BCUT2D eigenvalue weighted by Crippen LogP contribution is 2.32. The Morgan fingerprint density at radius 1 is 1.14 bits per heavy atom. The van der Waals surface area contributed by atoms with Gasteiger partial charge in [0, 0.05) is 22.0 Å². The van der Waals surface area contributed by atoms with Gasteiger partial charge >= 0.3 is 11.7 Å². The van der Waals surface area contributed by atoms with Crippen LogP contribution in [0.1, 0.15) is 18.1 Å². The van der Waals surface area contributed by atoms with Gasteiger partial charge in [-0.2, -0.15) is 0 Å². The normalized spacial score (nSPS) is 18.9. The molecule has 1 atom stereocenters. The van der Waals surface area contributed by atoms with E-state index in [2.05, 4.69) is 21.2 Å². The zero-order chi connectivity index (χ0) is 20.8. The lowest BCUT2D eigenvalue weighted by Gasteiger charge is -2.22. The van der Waals surface area contributed by atoms with Crippen molar-refractivity contribution >= 4 is 38.8 Å². The topological polar surface area (TPSA) is 88.9 Å². The van der Waals surface area contributed by atoms with Crippen LogP contribution in [0.15, 0.2) is 62.2 Å². The molecule has 1 aromatic heterocycles. The molecule has 148 valence electrons. The van der Waals surface area contributed by atoms with Gasteiger partial charge in [0.15, 0.2) is 0 Å². The molecule has 8 heteroatoms. The molecule has 1 saturated heterocycles. The second-order valence-electron chi connectivity index (χ2n) is 6.91. The first kappa shape index (κ1) is 19.2. The third-order valence-corrected chi connectivity index (χ3v) is 5.54. The lowest BCUT2D eigenvalue weighted by molar-refractivity contribution is -0.131. The summed E-state index contributed by atoms with van der Waals surface area (Å²) in [4.78, 5) is 38.9. The summed E-state index contributed by atoms with van der Waals surface area (Å²) in [7, 11) is 1.51. The lowest BCUT2D eigenvalue weighted by atomic mass is 9.92. The summed E-state index contributed by atoms with van der Waals surface area (Å²) in [5.74, 6) is 0.144. The molecule has 3 amide bonds. The monoisotopic (exact) mass is 456 g/mol. The highest BCUT2D eigenvalue weighted by molar-refractivity contribution is 9.10. The van der Waals surface area contributed by atoms with Crippen molar-refractivity contribution < 1.29 is 18.7 Å². The van der Waals surface area contributed by atoms with Gasteiger partial charge in [-0.1, -0.05) is 28.1 Å².